The van der Waals surface area contributed by atoms with E-state index in [2.05, 4.69) is 11.1 Å². The van der Waals surface area contributed by atoms with Gasteiger partial charge in [0.15, 0.2) is 0 Å². The predicted octanol–water partition coefficient (Wildman–Crippen LogP) is 5.22. The normalized spacial score (nSPS) is 12.5. The van der Waals surface area contributed by atoms with Crippen LogP contribution in [0.1, 0.15) is 16.5 Å². The van der Waals surface area contributed by atoms with Gasteiger partial charge in [0.05, 0.1) is 5.38 Å². The van der Waals surface area contributed by atoms with Gasteiger partial charge in [-0.15, -0.1) is 11.6 Å². The molecule has 0 saturated carbocycles. The van der Waals surface area contributed by atoms with E-state index in [0.29, 0.717) is 0 Å². The fraction of sp³-hybridized carbons (Fsp3) is 0.0625. The van der Waals surface area contributed by atoms with E-state index in [1.807, 2.05) is 48.7 Å². The summed E-state index contributed by atoms with van der Waals surface area (Å²) in [5.74, 6) is 0. The Kier molecular flexibility index (Phi) is 3.41. The molecule has 0 amide bonds. The van der Waals surface area contributed by atoms with Crippen LogP contribution in [0.5, 0.6) is 0 Å². The van der Waals surface area contributed by atoms with E-state index in [1.54, 1.807) is 6.20 Å². The minimum absolute atomic E-state index is 0.191. The van der Waals surface area contributed by atoms with Gasteiger partial charge >= 0.3 is 0 Å². The zero-order valence-corrected chi connectivity index (χ0v) is 11.6. The molecule has 0 radical (unpaired) electrons. The van der Waals surface area contributed by atoms with Crippen molar-refractivity contribution < 1.29 is 0 Å². The number of hydrogen-bond donors (Lipinski definition) is 0. The van der Waals surface area contributed by atoms with E-state index in [4.69, 9.17) is 23.2 Å². The molecule has 1 aromatic heterocycles. The first-order valence-corrected chi connectivity index (χ1v) is 6.79. The number of halogens is 2. The zero-order valence-electron chi connectivity index (χ0n) is 10.1. The summed E-state index contributed by atoms with van der Waals surface area (Å²) in [6.45, 7) is 0. The van der Waals surface area contributed by atoms with E-state index in [-0.39, 0.29) is 5.38 Å². The maximum Gasteiger partial charge on any atom is 0.0841 e. The molecule has 1 atom stereocenters. The van der Waals surface area contributed by atoms with E-state index in [9.17, 15) is 0 Å². The van der Waals surface area contributed by atoms with Crippen LogP contribution in [0, 0.1) is 0 Å². The molecule has 0 aliphatic rings. The Bertz CT molecular complexity index is 702. The summed E-state index contributed by atoms with van der Waals surface area (Å²) >= 11 is 12.5. The number of pyridine rings is 1. The summed E-state index contributed by atoms with van der Waals surface area (Å²) in [6, 6.07) is 15.7. The molecular weight excluding hydrogens is 277 g/mol. The van der Waals surface area contributed by atoms with Gasteiger partial charge in [0.1, 0.15) is 0 Å². The van der Waals surface area contributed by atoms with Crippen LogP contribution in [0.2, 0.25) is 5.02 Å². The molecule has 19 heavy (non-hydrogen) atoms. The molecular formula is C16H11Cl2N. The molecule has 3 heteroatoms. The second-order valence-corrected chi connectivity index (χ2v) is 5.23. The monoisotopic (exact) mass is 287 g/mol. The van der Waals surface area contributed by atoms with Crippen LogP contribution < -0.4 is 0 Å². The molecule has 3 aromatic rings. The van der Waals surface area contributed by atoms with Crippen molar-refractivity contribution in [2.75, 3.05) is 0 Å². The summed E-state index contributed by atoms with van der Waals surface area (Å²) in [6.07, 6.45) is 3.64. The highest BCUT2D eigenvalue weighted by atomic mass is 35.5. The molecule has 0 N–H and O–H groups in total. The molecule has 0 aliphatic heterocycles. The molecule has 94 valence electrons. The standard InChI is InChI=1S/C16H11Cl2N/c17-13-6-4-11(5-7-13)16(18)15-3-1-2-12-10-19-9-8-14(12)15/h1-10,16H. The highest BCUT2D eigenvalue weighted by Crippen LogP contribution is 2.33. The molecule has 0 aliphatic carbocycles. The van der Waals surface area contributed by atoms with Crippen LogP contribution in [-0.4, -0.2) is 4.98 Å². The lowest BCUT2D eigenvalue weighted by molar-refractivity contribution is 1.16. The summed E-state index contributed by atoms with van der Waals surface area (Å²) in [4.78, 5) is 4.14. The van der Waals surface area contributed by atoms with Crippen LogP contribution in [0.4, 0.5) is 0 Å². The molecule has 0 spiro atoms. The molecule has 0 saturated heterocycles. The van der Waals surface area contributed by atoms with Crippen molar-refractivity contribution in [3.8, 4) is 0 Å². The van der Waals surface area contributed by atoms with Gasteiger partial charge in [-0.3, -0.25) is 4.98 Å². The Balaban J connectivity index is 2.11. The number of rotatable bonds is 2. The summed E-state index contributed by atoms with van der Waals surface area (Å²) in [7, 11) is 0. The van der Waals surface area contributed by atoms with E-state index in [1.165, 1.54) is 0 Å². The van der Waals surface area contributed by atoms with Crippen LogP contribution in [0.15, 0.2) is 60.9 Å². The summed E-state index contributed by atoms with van der Waals surface area (Å²) in [5.41, 5.74) is 2.12. The third-order valence-corrected chi connectivity index (χ3v) is 3.89. The molecule has 1 unspecified atom stereocenters. The second kappa shape index (κ2) is 5.20. The van der Waals surface area contributed by atoms with Gasteiger partial charge in [0.25, 0.3) is 0 Å². The van der Waals surface area contributed by atoms with Gasteiger partial charge in [-0.2, -0.15) is 0 Å². The van der Waals surface area contributed by atoms with Crippen molar-refractivity contribution in [1.82, 2.24) is 4.98 Å². The summed E-state index contributed by atoms with van der Waals surface area (Å²) < 4.78 is 0. The molecule has 2 aromatic carbocycles. The van der Waals surface area contributed by atoms with Crippen molar-refractivity contribution in [3.63, 3.8) is 0 Å². The Morgan fingerprint density at radius 3 is 2.53 bits per heavy atom. The van der Waals surface area contributed by atoms with Gasteiger partial charge in [-0.05, 0) is 34.7 Å². The van der Waals surface area contributed by atoms with Crippen LogP contribution in [-0.2, 0) is 0 Å². The number of nitrogens with zero attached hydrogens (tertiary/aromatic N) is 1. The third-order valence-electron chi connectivity index (χ3n) is 3.15. The van der Waals surface area contributed by atoms with E-state index in [0.717, 1.165) is 26.9 Å². The van der Waals surface area contributed by atoms with Crippen LogP contribution >= 0.6 is 23.2 Å². The number of hydrogen-bond acceptors (Lipinski definition) is 1. The second-order valence-electron chi connectivity index (χ2n) is 4.36. The maximum absolute atomic E-state index is 6.60. The summed E-state index contributed by atoms with van der Waals surface area (Å²) in [5, 5.41) is 2.75. The number of benzene rings is 2. The van der Waals surface area contributed by atoms with Crippen molar-refractivity contribution in [2.45, 2.75) is 5.38 Å². The first kappa shape index (κ1) is 12.5. The average Bonchev–Trinajstić information content (AvgIpc) is 2.47. The van der Waals surface area contributed by atoms with Crippen molar-refractivity contribution in [3.05, 3.63) is 77.1 Å². The quantitative estimate of drug-likeness (QED) is 0.589. The van der Waals surface area contributed by atoms with Crippen molar-refractivity contribution >= 4 is 34.0 Å². The highest BCUT2D eigenvalue weighted by Gasteiger charge is 2.13. The minimum Gasteiger partial charge on any atom is -0.264 e. The third kappa shape index (κ3) is 2.44. The van der Waals surface area contributed by atoms with Gasteiger partial charge in [0, 0.05) is 22.8 Å². The fourth-order valence-corrected chi connectivity index (χ4v) is 2.64. The lowest BCUT2D eigenvalue weighted by atomic mass is 9.99. The Morgan fingerprint density at radius 2 is 1.74 bits per heavy atom. The number of aromatic nitrogens is 1. The van der Waals surface area contributed by atoms with E-state index >= 15 is 0 Å². The van der Waals surface area contributed by atoms with E-state index < -0.39 is 0 Å². The molecule has 1 heterocycles. The molecule has 0 fully saturated rings. The lowest BCUT2D eigenvalue weighted by Gasteiger charge is -2.13. The predicted molar refractivity (Wildman–Crippen MR) is 80.9 cm³/mol. The largest absolute Gasteiger partial charge is 0.264 e. The number of alkyl halides is 1. The van der Waals surface area contributed by atoms with Gasteiger partial charge in [0.2, 0.25) is 0 Å². The van der Waals surface area contributed by atoms with Crippen LogP contribution in [0.3, 0.4) is 0 Å². The van der Waals surface area contributed by atoms with Gasteiger partial charge in [-0.25, -0.2) is 0 Å². The number of fused-ring (bicyclic) bond motifs is 1. The minimum atomic E-state index is -0.191. The van der Waals surface area contributed by atoms with Gasteiger partial charge < -0.3 is 0 Å². The average molecular weight is 288 g/mol. The fourth-order valence-electron chi connectivity index (χ4n) is 2.18. The van der Waals surface area contributed by atoms with Crippen molar-refractivity contribution in [2.24, 2.45) is 0 Å². The lowest BCUT2D eigenvalue weighted by Crippen LogP contribution is -1.94. The molecule has 1 nitrogen and oxygen atoms in total. The topological polar surface area (TPSA) is 12.9 Å². The SMILES string of the molecule is Clc1ccc(C(Cl)c2cccc3cnccc23)cc1. The zero-order chi connectivity index (χ0) is 13.2. The van der Waals surface area contributed by atoms with Gasteiger partial charge in [-0.1, -0.05) is 41.9 Å². The Hall–Kier alpha value is -1.57. The maximum atomic E-state index is 6.60. The smallest absolute Gasteiger partial charge is 0.0841 e. The molecule has 0 bridgehead atoms. The first-order valence-electron chi connectivity index (χ1n) is 5.98. The van der Waals surface area contributed by atoms with Crippen LogP contribution in [0.25, 0.3) is 10.8 Å². The Morgan fingerprint density at radius 1 is 0.947 bits per heavy atom. The first-order chi connectivity index (χ1) is 9.25. The van der Waals surface area contributed by atoms with Crippen molar-refractivity contribution in [1.29, 1.82) is 0 Å². The molecule has 3 rings (SSSR count). The Labute approximate surface area is 121 Å². The highest BCUT2D eigenvalue weighted by molar-refractivity contribution is 6.30.